The van der Waals surface area contributed by atoms with E-state index >= 15 is 0 Å². The Bertz CT molecular complexity index is 293. The molecule has 0 unspecified atom stereocenters. The van der Waals surface area contributed by atoms with Crippen molar-refractivity contribution >= 4 is 12.6 Å². The van der Waals surface area contributed by atoms with Gasteiger partial charge in [-0.2, -0.15) is 12.6 Å². The smallest absolute Gasteiger partial charge is 0.0682 e. The maximum absolute atomic E-state index is 9.04. The quantitative estimate of drug-likeness (QED) is 0.669. The molecule has 0 aromatic heterocycles. The molecule has 1 aromatic rings. The Hall–Kier alpha value is -0.510. The van der Waals surface area contributed by atoms with Gasteiger partial charge >= 0.3 is 0 Å². The van der Waals surface area contributed by atoms with Gasteiger partial charge in [0, 0.05) is 4.75 Å². The monoisotopic (exact) mass is 212 g/mol. The van der Waals surface area contributed by atoms with Crippen LogP contribution in [0.15, 0.2) is 18.2 Å². The van der Waals surface area contributed by atoms with Crippen LogP contribution in [0.2, 0.25) is 0 Å². The molecule has 0 heterocycles. The molecule has 78 valence electrons. The summed E-state index contributed by atoms with van der Waals surface area (Å²) < 4.78 is -0.255. The second kappa shape index (κ2) is 4.34. The van der Waals surface area contributed by atoms with Gasteiger partial charge in [0.25, 0.3) is 0 Å². The molecule has 0 bridgehead atoms. The third-order valence-corrected chi connectivity index (χ3v) is 2.38. The van der Waals surface area contributed by atoms with Crippen LogP contribution in [0.5, 0.6) is 0 Å². The number of aliphatic hydroxyl groups is 2. The molecule has 1 aromatic carbocycles. The Morgan fingerprint density at radius 2 is 1.50 bits per heavy atom. The van der Waals surface area contributed by atoms with E-state index in [0.717, 1.165) is 16.7 Å². The minimum Gasteiger partial charge on any atom is -0.392 e. The molecule has 3 heteroatoms. The Morgan fingerprint density at radius 1 is 1.07 bits per heavy atom. The van der Waals surface area contributed by atoms with Gasteiger partial charge in [-0.1, -0.05) is 18.2 Å². The molecule has 0 spiro atoms. The first-order chi connectivity index (χ1) is 6.47. The highest BCUT2D eigenvalue weighted by Crippen LogP contribution is 2.28. The van der Waals surface area contributed by atoms with Crippen LogP contribution in [0.1, 0.15) is 30.5 Å². The van der Waals surface area contributed by atoms with Crippen LogP contribution in [0.4, 0.5) is 0 Å². The Kier molecular flexibility index (Phi) is 3.59. The van der Waals surface area contributed by atoms with Crippen molar-refractivity contribution in [2.75, 3.05) is 0 Å². The zero-order valence-corrected chi connectivity index (χ0v) is 9.38. The highest BCUT2D eigenvalue weighted by atomic mass is 32.1. The van der Waals surface area contributed by atoms with Crippen molar-refractivity contribution in [2.45, 2.75) is 31.8 Å². The number of aliphatic hydroxyl groups excluding tert-OH is 2. The summed E-state index contributed by atoms with van der Waals surface area (Å²) in [6.45, 7) is 3.94. The highest BCUT2D eigenvalue weighted by molar-refractivity contribution is 7.81. The largest absolute Gasteiger partial charge is 0.392 e. The number of rotatable bonds is 3. The SMILES string of the molecule is CC(C)(S)c1cc(CO)cc(CO)c1. The lowest BCUT2D eigenvalue weighted by Gasteiger charge is -2.19. The van der Waals surface area contributed by atoms with E-state index in [-0.39, 0.29) is 18.0 Å². The highest BCUT2D eigenvalue weighted by Gasteiger charge is 2.15. The topological polar surface area (TPSA) is 40.5 Å². The maximum Gasteiger partial charge on any atom is 0.0682 e. The predicted octanol–water partition coefficient (Wildman–Crippen LogP) is 1.84. The number of thiol groups is 1. The van der Waals surface area contributed by atoms with E-state index in [1.807, 2.05) is 26.0 Å². The predicted molar refractivity (Wildman–Crippen MR) is 60.3 cm³/mol. The lowest BCUT2D eigenvalue weighted by Crippen LogP contribution is -2.09. The van der Waals surface area contributed by atoms with E-state index in [1.54, 1.807) is 6.07 Å². The van der Waals surface area contributed by atoms with Crippen LogP contribution in [0.25, 0.3) is 0 Å². The van der Waals surface area contributed by atoms with Gasteiger partial charge in [0.2, 0.25) is 0 Å². The molecule has 0 aliphatic carbocycles. The summed E-state index contributed by atoms with van der Waals surface area (Å²) >= 11 is 4.45. The second-order valence-electron chi connectivity index (χ2n) is 3.91. The number of hydrogen-bond acceptors (Lipinski definition) is 3. The molecule has 0 radical (unpaired) electrons. The van der Waals surface area contributed by atoms with Gasteiger partial charge in [-0.25, -0.2) is 0 Å². The van der Waals surface area contributed by atoms with Crippen LogP contribution in [-0.4, -0.2) is 10.2 Å². The minimum atomic E-state index is -0.255. The lowest BCUT2D eigenvalue weighted by molar-refractivity contribution is 0.275. The molecular formula is C11H16O2S. The summed E-state index contributed by atoms with van der Waals surface area (Å²) in [6.07, 6.45) is 0. The van der Waals surface area contributed by atoms with Gasteiger partial charge in [-0.3, -0.25) is 0 Å². The maximum atomic E-state index is 9.04. The lowest BCUT2D eigenvalue weighted by atomic mass is 9.97. The van der Waals surface area contributed by atoms with Gasteiger partial charge in [0.1, 0.15) is 0 Å². The minimum absolute atomic E-state index is 0.00923. The molecule has 0 saturated carbocycles. The average molecular weight is 212 g/mol. The van der Waals surface area contributed by atoms with Gasteiger partial charge in [-0.15, -0.1) is 0 Å². The number of hydrogen-bond donors (Lipinski definition) is 3. The van der Waals surface area contributed by atoms with E-state index in [4.69, 9.17) is 10.2 Å². The third kappa shape index (κ3) is 2.74. The van der Waals surface area contributed by atoms with Crippen molar-refractivity contribution < 1.29 is 10.2 Å². The van der Waals surface area contributed by atoms with Crippen molar-refractivity contribution in [3.63, 3.8) is 0 Å². The Balaban J connectivity index is 3.17. The fourth-order valence-corrected chi connectivity index (χ4v) is 1.43. The zero-order valence-electron chi connectivity index (χ0n) is 8.49. The van der Waals surface area contributed by atoms with Crippen molar-refractivity contribution in [2.24, 2.45) is 0 Å². The molecule has 0 aliphatic heterocycles. The molecule has 2 N–H and O–H groups in total. The summed E-state index contributed by atoms with van der Waals surface area (Å²) in [5.74, 6) is 0. The Morgan fingerprint density at radius 3 is 1.79 bits per heavy atom. The molecule has 1 rings (SSSR count). The van der Waals surface area contributed by atoms with E-state index in [0.29, 0.717) is 0 Å². The molecule has 0 amide bonds. The number of benzene rings is 1. The summed E-state index contributed by atoms with van der Waals surface area (Å²) in [6, 6.07) is 5.61. The van der Waals surface area contributed by atoms with E-state index in [2.05, 4.69) is 12.6 Å². The second-order valence-corrected chi connectivity index (χ2v) is 5.03. The molecule has 0 fully saturated rings. The normalized spacial score (nSPS) is 11.8. The summed E-state index contributed by atoms with van der Waals surface area (Å²) in [4.78, 5) is 0. The van der Waals surface area contributed by atoms with Gasteiger partial charge in [0.15, 0.2) is 0 Å². The van der Waals surface area contributed by atoms with Crippen molar-refractivity contribution in [1.82, 2.24) is 0 Å². The fraction of sp³-hybridized carbons (Fsp3) is 0.455. The molecule has 0 atom stereocenters. The van der Waals surface area contributed by atoms with E-state index < -0.39 is 0 Å². The van der Waals surface area contributed by atoms with E-state index in [9.17, 15) is 0 Å². The van der Waals surface area contributed by atoms with Crippen molar-refractivity contribution in [1.29, 1.82) is 0 Å². The molecule has 0 saturated heterocycles. The first kappa shape index (κ1) is 11.6. The van der Waals surface area contributed by atoms with Crippen LogP contribution >= 0.6 is 12.6 Å². The van der Waals surface area contributed by atoms with Crippen LogP contribution in [0.3, 0.4) is 0 Å². The van der Waals surface area contributed by atoms with Crippen LogP contribution in [0, 0.1) is 0 Å². The van der Waals surface area contributed by atoms with Gasteiger partial charge in [0.05, 0.1) is 13.2 Å². The average Bonchev–Trinajstić information content (AvgIpc) is 2.15. The van der Waals surface area contributed by atoms with E-state index in [1.165, 1.54) is 0 Å². The third-order valence-electron chi connectivity index (χ3n) is 2.12. The zero-order chi connectivity index (χ0) is 10.8. The van der Waals surface area contributed by atoms with Crippen LogP contribution < -0.4 is 0 Å². The Labute approximate surface area is 90.0 Å². The van der Waals surface area contributed by atoms with Crippen LogP contribution in [-0.2, 0) is 18.0 Å². The van der Waals surface area contributed by atoms with Crippen molar-refractivity contribution in [3.8, 4) is 0 Å². The first-order valence-corrected chi connectivity index (χ1v) is 4.99. The molecular weight excluding hydrogens is 196 g/mol. The summed E-state index contributed by atoms with van der Waals surface area (Å²) in [5.41, 5.74) is 2.64. The van der Waals surface area contributed by atoms with Crippen molar-refractivity contribution in [3.05, 3.63) is 34.9 Å². The van der Waals surface area contributed by atoms with Gasteiger partial charge < -0.3 is 10.2 Å². The molecule has 0 aliphatic rings. The van der Waals surface area contributed by atoms with Gasteiger partial charge in [-0.05, 0) is 30.5 Å². The summed E-state index contributed by atoms with van der Waals surface area (Å²) in [7, 11) is 0. The molecule has 14 heavy (non-hydrogen) atoms. The fourth-order valence-electron chi connectivity index (χ4n) is 1.30. The first-order valence-electron chi connectivity index (χ1n) is 4.55. The summed E-state index contributed by atoms with van der Waals surface area (Å²) in [5, 5.41) is 18.1. The standard InChI is InChI=1S/C11H16O2S/c1-11(2,14)10-4-8(6-12)3-9(5-10)7-13/h3-5,12-14H,6-7H2,1-2H3. The molecule has 2 nitrogen and oxygen atoms in total.